The molecule has 0 saturated heterocycles. The van der Waals surface area contributed by atoms with Gasteiger partial charge in [-0.3, -0.25) is 0 Å². The summed E-state index contributed by atoms with van der Waals surface area (Å²) in [7, 11) is -3.49. The number of aryl methyl sites for hydroxylation is 1. The van der Waals surface area contributed by atoms with Gasteiger partial charge in [0.2, 0.25) is 0 Å². The molecule has 1 rings (SSSR count). The van der Waals surface area contributed by atoms with Crippen molar-refractivity contribution < 1.29 is 8.42 Å². The zero-order valence-corrected chi connectivity index (χ0v) is 11.0. The molecule has 0 bridgehead atoms. The van der Waals surface area contributed by atoms with E-state index in [1.54, 1.807) is 6.92 Å². The summed E-state index contributed by atoms with van der Waals surface area (Å²) in [6, 6.07) is 0. The lowest BCUT2D eigenvalue weighted by Crippen LogP contribution is -2.43. The topological polar surface area (TPSA) is 74.8 Å². The van der Waals surface area contributed by atoms with Crippen molar-refractivity contribution in [3.63, 3.8) is 0 Å². The molecule has 0 fully saturated rings. The summed E-state index contributed by atoms with van der Waals surface area (Å²) in [4.78, 5) is 6.60. The number of aromatic nitrogens is 2. The molecule has 0 amide bonds. The summed E-state index contributed by atoms with van der Waals surface area (Å²) >= 11 is 0. The minimum absolute atomic E-state index is 0.120. The lowest BCUT2D eigenvalue weighted by Gasteiger charge is -2.24. The van der Waals surface area contributed by atoms with Crippen LogP contribution < -0.4 is 4.72 Å². The Morgan fingerprint density at radius 1 is 1.50 bits per heavy atom. The van der Waals surface area contributed by atoms with E-state index >= 15 is 0 Å². The summed E-state index contributed by atoms with van der Waals surface area (Å²) in [6.45, 7) is 7.49. The summed E-state index contributed by atoms with van der Waals surface area (Å²) in [5.74, 6) is 0.591. The van der Waals surface area contributed by atoms with Gasteiger partial charge in [-0.1, -0.05) is 13.3 Å². The molecule has 2 N–H and O–H groups in total. The molecular weight excluding hydrogens is 226 g/mol. The zero-order chi connectivity index (χ0) is 12.4. The molecular formula is C10H19N3O2S. The van der Waals surface area contributed by atoms with E-state index in [2.05, 4.69) is 14.7 Å². The average Bonchev–Trinajstić information content (AvgIpc) is 2.49. The van der Waals surface area contributed by atoms with Gasteiger partial charge in [-0.25, -0.2) is 18.1 Å². The molecule has 0 aliphatic carbocycles. The summed E-state index contributed by atoms with van der Waals surface area (Å²) in [5, 5.41) is 0.120. The second kappa shape index (κ2) is 4.55. The SMILES string of the molecule is CCCC(C)(C)NS(=O)(=O)c1cnc(C)[nH]1. The molecule has 1 heterocycles. The van der Waals surface area contributed by atoms with Crippen molar-refractivity contribution in [3.05, 3.63) is 12.0 Å². The molecule has 0 unspecified atom stereocenters. The monoisotopic (exact) mass is 245 g/mol. The minimum atomic E-state index is -3.49. The lowest BCUT2D eigenvalue weighted by atomic mass is 10.0. The van der Waals surface area contributed by atoms with E-state index in [9.17, 15) is 8.42 Å². The van der Waals surface area contributed by atoms with E-state index in [0.717, 1.165) is 12.8 Å². The van der Waals surface area contributed by atoms with Crippen LogP contribution in [0.3, 0.4) is 0 Å². The Morgan fingerprint density at radius 3 is 2.56 bits per heavy atom. The second-order valence-electron chi connectivity index (χ2n) is 4.57. The van der Waals surface area contributed by atoms with E-state index in [0.29, 0.717) is 5.82 Å². The first-order chi connectivity index (χ1) is 7.27. The van der Waals surface area contributed by atoms with Crippen molar-refractivity contribution in [2.75, 3.05) is 0 Å². The quantitative estimate of drug-likeness (QED) is 0.827. The van der Waals surface area contributed by atoms with Crippen LogP contribution in [0, 0.1) is 6.92 Å². The number of aromatic amines is 1. The number of imidazole rings is 1. The first kappa shape index (κ1) is 13.2. The molecule has 16 heavy (non-hydrogen) atoms. The van der Waals surface area contributed by atoms with Crippen molar-refractivity contribution in [2.45, 2.75) is 51.1 Å². The van der Waals surface area contributed by atoms with Crippen molar-refractivity contribution in [1.29, 1.82) is 0 Å². The van der Waals surface area contributed by atoms with Gasteiger partial charge in [0.05, 0.1) is 6.20 Å². The standard InChI is InChI=1S/C10H19N3O2S/c1-5-6-10(3,4)13-16(14,15)9-7-11-8(2)12-9/h7,13H,5-6H2,1-4H3,(H,11,12). The number of hydrogen-bond acceptors (Lipinski definition) is 3. The Balaban J connectivity index is 2.88. The van der Waals surface area contributed by atoms with Crippen LogP contribution in [0.4, 0.5) is 0 Å². The highest BCUT2D eigenvalue weighted by Gasteiger charge is 2.26. The van der Waals surface area contributed by atoms with Gasteiger partial charge in [0.15, 0.2) is 5.03 Å². The van der Waals surface area contributed by atoms with Gasteiger partial charge in [0.1, 0.15) is 5.82 Å². The fraction of sp³-hybridized carbons (Fsp3) is 0.700. The fourth-order valence-corrected chi connectivity index (χ4v) is 3.04. The first-order valence-electron chi connectivity index (χ1n) is 5.32. The van der Waals surface area contributed by atoms with Crippen LogP contribution in [0.1, 0.15) is 39.4 Å². The molecule has 0 atom stereocenters. The molecule has 0 radical (unpaired) electrons. The first-order valence-corrected chi connectivity index (χ1v) is 6.81. The third-order valence-corrected chi connectivity index (χ3v) is 3.86. The van der Waals surface area contributed by atoms with Gasteiger partial charge < -0.3 is 4.98 Å². The molecule has 0 aliphatic rings. The largest absolute Gasteiger partial charge is 0.332 e. The number of nitrogens with zero attached hydrogens (tertiary/aromatic N) is 1. The smallest absolute Gasteiger partial charge is 0.258 e. The van der Waals surface area contributed by atoms with Gasteiger partial charge in [-0.05, 0) is 27.2 Å². The molecule has 0 aliphatic heterocycles. The molecule has 1 aromatic rings. The van der Waals surface area contributed by atoms with Gasteiger partial charge in [0, 0.05) is 5.54 Å². The van der Waals surface area contributed by atoms with Crippen molar-refractivity contribution in [1.82, 2.24) is 14.7 Å². The van der Waals surface area contributed by atoms with Crippen LogP contribution in [0.5, 0.6) is 0 Å². The number of H-pyrrole nitrogens is 1. The highest BCUT2D eigenvalue weighted by atomic mass is 32.2. The Hall–Kier alpha value is -0.880. The highest BCUT2D eigenvalue weighted by molar-refractivity contribution is 7.89. The second-order valence-corrected chi connectivity index (χ2v) is 6.22. The van der Waals surface area contributed by atoms with E-state index in [1.807, 2.05) is 20.8 Å². The minimum Gasteiger partial charge on any atom is -0.332 e. The van der Waals surface area contributed by atoms with Crippen LogP contribution in [-0.4, -0.2) is 23.9 Å². The maximum Gasteiger partial charge on any atom is 0.258 e. The molecule has 92 valence electrons. The lowest BCUT2D eigenvalue weighted by molar-refractivity contribution is 0.417. The van der Waals surface area contributed by atoms with Crippen LogP contribution in [-0.2, 0) is 10.0 Å². The fourth-order valence-electron chi connectivity index (χ4n) is 1.63. The third-order valence-electron chi connectivity index (χ3n) is 2.25. The average molecular weight is 245 g/mol. The van der Waals surface area contributed by atoms with Gasteiger partial charge in [0.25, 0.3) is 10.0 Å². The molecule has 6 heteroatoms. The molecule has 0 saturated carbocycles. The van der Waals surface area contributed by atoms with Gasteiger partial charge in [-0.2, -0.15) is 0 Å². The maximum atomic E-state index is 12.0. The van der Waals surface area contributed by atoms with Crippen molar-refractivity contribution in [2.24, 2.45) is 0 Å². The number of hydrogen-bond donors (Lipinski definition) is 2. The Labute approximate surface area is 96.7 Å². The Morgan fingerprint density at radius 2 is 2.12 bits per heavy atom. The van der Waals surface area contributed by atoms with Crippen LogP contribution in [0.2, 0.25) is 0 Å². The normalized spacial score (nSPS) is 13.0. The van der Waals surface area contributed by atoms with E-state index in [4.69, 9.17) is 0 Å². The number of rotatable bonds is 5. The zero-order valence-electron chi connectivity index (χ0n) is 10.2. The van der Waals surface area contributed by atoms with Crippen molar-refractivity contribution in [3.8, 4) is 0 Å². The molecule has 0 aromatic carbocycles. The maximum absolute atomic E-state index is 12.0. The van der Waals surface area contributed by atoms with Gasteiger partial charge >= 0.3 is 0 Å². The molecule has 0 spiro atoms. The van der Waals surface area contributed by atoms with Gasteiger partial charge in [-0.15, -0.1) is 0 Å². The Kier molecular flexibility index (Phi) is 3.75. The van der Waals surface area contributed by atoms with Crippen LogP contribution in [0.25, 0.3) is 0 Å². The summed E-state index contributed by atoms with van der Waals surface area (Å²) in [6.07, 6.45) is 3.05. The van der Waals surface area contributed by atoms with Crippen LogP contribution in [0.15, 0.2) is 11.2 Å². The predicted molar refractivity (Wildman–Crippen MR) is 62.6 cm³/mol. The Bertz CT molecular complexity index is 448. The summed E-state index contributed by atoms with van der Waals surface area (Å²) < 4.78 is 26.6. The van der Waals surface area contributed by atoms with E-state index in [-0.39, 0.29) is 5.03 Å². The third kappa shape index (κ3) is 3.31. The summed E-state index contributed by atoms with van der Waals surface area (Å²) in [5.41, 5.74) is -0.438. The van der Waals surface area contributed by atoms with E-state index in [1.165, 1.54) is 6.20 Å². The highest BCUT2D eigenvalue weighted by Crippen LogP contribution is 2.15. The van der Waals surface area contributed by atoms with E-state index < -0.39 is 15.6 Å². The molecule has 5 nitrogen and oxygen atoms in total. The predicted octanol–water partition coefficient (Wildman–Crippen LogP) is 1.58. The van der Waals surface area contributed by atoms with Crippen LogP contribution >= 0.6 is 0 Å². The number of nitrogens with one attached hydrogen (secondary N) is 2. The van der Waals surface area contributed by atoms with Crippen molar-refractivity contribution >= 4 is 10.0 Å². The number of sulfonamides is 1. The molecule has 1 aromatic heterocycles.